The van der Waals surface area contributed by atoms with Crippen LogP contribution in [0, 0.1) is 5.41 Å². The molecule has 2 aliphatic rings. The molecule has 1 unspecified atom stereocenters. The topological polar surface area (TPSA) is 80.5 Å². The van der Waals surface area contributed by atoms with Gasteiger partial charge < -0.3 is 10.6 Å². The maximum Gasteiger partial charge on any atom is 0.224 e. The van der Waals surface area contributed by atoms with Gasteiger partial charge in [0.25, 0.3) is 0 Å². The summed E-state index contributed by atoms with van der Waals surface area (Å²) in [6, 6.07) is 0. The van der Waals surface area contributed by atoms with Crippen LogP contribution in [0.3, 0.4) is 0 Å². The largest absolute Gasteiger partial charge is 0.330 e. The second-order valence-electron chi connectivity index (χ2n) is 5.68. The van der Waals surface area contributed by atoms with Crippen molar-refractivity contribution in [1.82, 2.24) is 4.90 Å². The first-order valence-electron chi connectivity index (χ1n) is 6.64. The molecule has 1 amide bonds. The molecule has 0 bridgehead atoms. The zero-order valence-corrected chi connectivity index (χ0v) is 12.9. The number of carbonyl (C=O) groups is 1. The highest BCUT2D eigenvalue weighted by Crippen LogP contribution is 2.43. The number of hydrogen-bond acceptors (Lipinski definition) is 5. The SMILES string of the molecule is CS(=O)(=O)C1CSCCN1C(=O)CC1(CN)CCC1. The lowest BCUT2D eigenvalue weighted by Gasteiger charge is -2.43. The van der Waals surface area contributed by atoms with Crippen LogP contribution in [0.1, 0.15) is 25.7 Å². The van der Waals surface area contributed by atoms with Gasteiger partial charge in [-0.3, -0.25) is 4.79 Å². The third-order valence-corrected chi connectivity index (χ3v) is 6.92. The maximum atomic E-state index is 12.4. The quantitative estimate of drug-likeness (QED) is 0.816. The highest BCUT2D eigenvalue weighted by Gasteiger charge is 2.41. The summed E-state index contributed by atoms with van der Waals surface area (Å²) in [5, 5.41) is -0.659. The number of thioether (sulfide) groups is 1. The Labute approximate surface area is 119 Å². The van der Waals surface area contributed by atoms with Gasteiger partial charge >= 0.3 is 0 Å². The zero-order chi connectivity index (χ0) is 14.1. The maximum absolute atomic E-state index is 12.4. The first-order chi connectivity index (χ1) is 8.88. The van der Waals surface area contributed by atoms with Crippen LogP contribution in [0.5, 0.6) is 0 Å². The van der Waals surface area contributed by atoms with Crippen molar-refractivity contribution in [3.05, 3.63) is 0 Å². The van der Waals surface area contributed by atoms with E-state index in [-0.39, 0.29) is 11.3 Å². The lowest BCUT2D eigenvalue weighted by atomic mass is 9.66. The molecule has 110 valence electrons. The molecule has 2 N–H and O–H groups in total. The predicted octanol–water partition coefficient (Wildman–Crippen LogP) is 0.452. The summed E-state index contributed by atoms with van der Waals surface area (Å²) in [6.07, 6.45) is 4.71. The number of sulfone groups is 1. The van der Waals surface area contributed by atoms with Gasteiger partial charge in [-0.1, -0.05) is 6.42 Å². The molecule has 5 nitrogen and oxygen atoms in total. The number of nitrogens with zero attached hydrogens (tertiary/aromatic N) is 1. The molecule has 2 rings (SSSR count). The molecule has 0 radical (unpaired) electrons. The van der Waals surface area contributed by atoms with E-state index in [1.165, 1.54) is 6.26 Å². The summed E-state index contributed by atoms with van der Waals surface area (Å²) >= 11 is 1.60. The van der Waals surface area contributed by atoms with Crippen molar-refractivity contribution in [2.24, 2.45) is 11.1 Å². The summed E-state index contributed by atoms with van der Waals surface area (Å²) in [4.78, 5) is 14.0. The minimum absolute atomic E-state index is 0.0409. The smallest absolute Gasteiger partial charge is 0.224 e. The van der Waals surface area contributed by atoms with Gasteiger partial charge in [0.05, 0.1) is 0 Å². The fraction of sp³-hybridized carbons (Fsp3) is 0.917. The Balaban J connectivity index is 2.08. The van der Waals surface area contributed by atoms with E-state index in [0.717, 1.165) is 25.0 Å². The molecule has 1 atom stereocenters. The van der Waals surface area contributed by atoms with Gasteiger partial charge in [-0.25, -0.2) is 8.42 Å². The van der Waals surface area contributed by atoms with Crippen LogP contribution in [0.4, 0.5) is 0 Å². The van der Waals surface area contributed by atoms with Gasteiger partial charge in [0.1, 0.15) is 5.37 Å². The van der Waals surface area contributed by atoms with Crippen molar-refractivity contribution in [3.63, 3.8) is 0 Å². The molecular weight excluding hydrogens is 284 g/mol. The average Bonchev–Trinajstić information content (AvgIpc) is 2.32. The predicted molar refractivity (Wildman–Crippen MR) is 77.6 cm³/mol. The number of carbonyl (C=O) groups excluding carboxylic acids is 1. The third kappa shape index (κ3) is 3.25. The molecule has 1 aliphatic carbocycles. The first kappa shape index (κ1) is 15.1. The first-order valence-corrected chi connectivity index (χ1v) is 9.75. The second-order valence-corrected chi connectivity index (χ2v) is 9.03. The fourth-order valence-corrected chi connectivity index (χ4v) is 5.61. The van der Waals surface area contributed by atoms with Gasteiger partial charge in [-0.05, 0) is 24.8 Å². The monoisotopic (exact) mass is 306 g/mol. The van der Waals surface area contributed by atoms with Crippen LogP contribution in [0.2, 0.25) is 0 Å². The number of hydrogen-bond donors (Lipinski definition) is 1. The second kappa shape index (κ2) is 5.61. The van der Waals surface area contributed by atoms with Gasteiger partial charge in [0.2, 0.25) is 5.91 Å². The normalized spacial score (nSPS) is 26.8. The fourth-order valence-electron chi connectivity index (χ4n) is 2.77. The van der Waals surface area contributed by atoms with Crippen molar-refractivity contribution in [1.29, 1.82) is 0 Å². The lowest BCUT2D eigenvalue weighted by Crippen LogP contribution is -2.52. The van der Waals surface area contributed by atoms with Crippen molar-refractivity contribution in [2.45, 2.75) is 31.1 Å². The number of rotatable bonds is 4. The molecule has 1 saturated heterocycles. The van der Waals surface area contributed by atoms with E-state index in [1.807, 2.05) is 0 Å². The Morgan fingerprint density at radius 2 is 2.16 bits per heavy atom. The Morgan fingerprint density at radius 1 is 1.47 bits per heavy atom. The summed E-state index contributed by atoms with van der Waals surface area (Å²) < 4.78 is 23.6. The Hall–Kier alpha value is -0.270. The van der Waals surface area contributed by atoms with E-state index in [4.69, 9.17) is 5.73 Å². The highest BCUT2D eigenvalue weighted by atomic mass is 32.2. The molecule has 2 fully saturated rings. The van der Waals surface area contributed by atoms with Crippen LogP contribution in [0.25, 0.3) is 0 Å². The molecule has 0 spiro atoms. The Morgan fingerprint density at radius 3 is 2.63 bits per heavy atom. The van der Waals surface area contributed by atoms with Crippen LogP contribution >= 0.6 is 11.8 Å². The number of nitrogens with two attached hydrogens (primary N) is 1. The van der Waals surface area contributed by atoms with Gasteiger partial charge in [0, 0.05) is 30.7 Å². The van der Waals surface area contributed by atoms with Crippen molar-refractivity contribution in [2.75, 3.05) is 30.9 Å². The minimum Gasteiger partial charge on any atom is -0.330 e. The standard InChI is InChI=1S/C12H22N2O3S2/c1-19(16,17)11-8-18-6-5-14(11)10(15)7-12(9-13)3-2-4-12/h11H,2-9,13H2,1H3. The average molecular weight is 306 g/mol. The van der Waals surface area contributed by atoms with E-state index in [9.17, 15) is 13.2 Å². The van der Waals surface area contributed by atoms with E-state index in [1.54, 1.807) is 16.7 Å². The van der Waals surface area contributed by atoms with Crippen molar-refractivity contribution < 1.29 is 13.2 Å². The molecule has 19 heavy (non-hydrogen) atoms. The molecule has 1 saturated carbocycles. The molecule has 1 heterocycles. The van der Waals surface area contributed by atoms with Crippen LogP contribution < -0.4 is 5.73 Å². The summed E-state index contributed by atoms with van der Waals surface area (Å²) in [7, 11) is -3.22. The lowest BCUT2D eigenvalue weighted by molar-refractivity contribution is -0.135. The molecule has 7 heteroatoms. The van der Waals surface area contributed by atoms with Crippen LogP contribution in [0.15, 0.2) is 0 Å². The minimum atomic E-state index is -3.22. The molecular formula is C12H22N2O3S2. The number of amides is 1. The molecule has 0 aromatic heterocycles. The van der Waals surface area contributed by atoms with Gasteiger partial charge in [-0.2, -0.15) is 11.8 Å². The van der Waals surface area contributed by atoms with Crippen LogP contribution in [-0.4, -0.2) is 55.4 Å². The summed E-state index contributed by atoms with van der Waals surface area (Å²) in [5.41, 5.74) is 5.71. The summed E-state index contributed by atoms with van der Waals surface area (Å²) in [6.45, 7) is 1.05. The van der Waals surface area contributed by atoms with E-state index in [0.29, 0.717) is 25.3 Å². The Bertz CT molecular complexity index is 440. The highest BCUT2D eigenvalue weighted by molar-refractivity contribution is 8.00. The zero-order valence-electron chi connectivity index (χ0n) is 11.3. The third-order valence-electron chi connectivity index (χ3n) is 4.27. The van der Waals surface area contributed by atoms with E-state index < -0.39 is 15.2 Å². The molecule has 0 aromatic carbocycles. The molecule has 0 aromatic rings. The molecule has 1 aliphatic heterocycles. The van der Waals surface area contributed by atoms with E-state index in [2.05, 4.69) is 0 Å². The van der Waals surface area contributed by atoms with Crippen LogP contribution in [-0.2, 0) is 14.6 Å². The van der Waals surface area contributed by atoms with Gasteiger partial charge in [0.15, 0.2) is 9.84 Å². The van der Waals surface area contributed by atoms with Gasteiger partial charge in [-0.15, -0.1) is 0 Å². The summed E-state index contributed by atoms with van der Waals surface area (Å²) in [5.74, 6) is 1.26. The van der Waals surface area contributed by atoms with Crippen molar-refractivity contribution >= 4 is 27.5 Å². The van der Waals surface area contributed by atoms with E-state index >= 15 is 0 Å². The Kier molecular flexibility index (Phi) is 4.47. The van der Waals surface area contributed by atoms with Crippen molar-refractivity contribution in [3.8, 4) is 0 Å².